The first-order valence-corrected chi connectivity index (χ1v) is 8.36. The summed E-state index contributed by atoms with van der Waals surface area (Å²) in [7, 11) is 0. The smallest absolute Gasteiger partial charge is 0.258 e. The number of aromatic nitrogens is 2. The van der Waals surface area contributed by atoms with Crippen LogP contribution in [0.2, 0.25) is 0 Å². The number of amides is 1. The zero-order valence-electron chi connectivity index (χ0n) is 13.4. The summed E-state index contributed by atoms with van der Waals surface area (Å²) in [6.45, 7) is 5.77. The Morgan fingerprint density at radius 3 is 2.78 bits per heavy atom. The number of piperidine rings is 1. The molecule has 2 saturated carbocycles. The van der Waals surface area contributed by atoms with E-state index in [0.29, 0.717) is 17.0 Å². The first-order valence-electron chi connectivity index (χ1n) is 8.36. The van der Waals surface area contributed by atoms with Gasteiger partial charge in [0.25, 0.3) is 5.91 Å². The lowest BCUT2D eigenvalue weighted by atomic mass is 10.1. The molecule has 3 heterocycles. The van der Waals surface area contributed by atoms with Crippen molar-refractivity contribution in [2.75, 3.05) is 18.4 Å². The van der Waals surface area contributed by atoms with E-state index >= 15 is 0 Å². The number of nitrogens with one attached hydrogen (secondary N) is 1. The lowest BCUT2D eigenvalue weighted by Gasteiger charge is -2.18. The van der Waals surface area contributed by atoms with Gasteiger partial charge in [0, 0.05) is 18.6 Å². The molecular formula is C17H20N4O2. The van der Waals surface area contributed by atoms with Gasteiger partial charge in [-0.1, -0.05) is 0 Å². The molecule has 3 aliphatic rings. The molecule has 0 spiro atoms. The largest absolute Gasteiger partial charge is 0.442 e. The van der Waals surface area contributed by atoms with Gasteiger partial charge in [0.15, 0.2) is 0 Å². The number of furan rings is 1. The fourth-order valence-electron chi connectivity index (χ4n) is 3.72. The van der Waals surface area contributed by atoms with Crippen molar-refractivity contribution in [1.29, 1.82) is 0 Å². The van der Waals surface area contributed by atoms with E-state index in [1.54, 1.807) is 0 Å². The van der Waals surface area contributed by atoms with Gasteiger partial charge in [0.1, 0.15) is 17.9 Å². The quantitative estimate of drug-likeness (QED) is 0.943. The molecule has 1 saturated heterocycles. The predicted octanol–water partition coefficient (Wildman–Crippen LogP) is 2.59. The molecule has 0 unspecified atom stereocenters. The number of fused-ring (bicyclic) bond motifs is 2. The van der Waals surface area contributed by atoms with Crippen LogP contribution < -0.4 is 5.32 Å². The summed E-state index contributed by atoms with van der Waals surface area (Å²) in [6, 6.07) is 0. The summed E-state index contributed by atoms with van der Waals surface area (Å²) < 4.78 is 5.75. The summed E-state index contributed by atoms with van der Waals surface area (Å²) in [5.74, 6) is 2.86. The molecule has 120 valence electrons. The van der Waals surface area contributed by atoms with Gasteiger partial charge in [-0.2, -0.15) is 0 Å². The number of hydrogen-bond donors (Lipinski definition) is 1. The molecule has 6 nitrogen and oxygen atoms in total. The van der Waals surface area contributed by atoms with Crippen LogP contribution >= 0.6 is 0 Å². The zero-order chi connectivity index (χ0) is 15.8. The van der Waals surface area contributed by atoms with Crippen molar-refractivity contribution in [2.45, 2.75) is 38.6 Å². The zero-order valence-corrected chi connectivity index (χ0v) is 13.4. The Labute approximate surface area is 134 Å². The second-order valence-corrected chi connectivity index (χ2v) is 7.59. The Morgan fingerprint density at radius 1 is 1.35 bits per heavy atom. The minimum absolute atomic E-state index is 0.0623. The molecule has 0 radical (unpaired) electrons. The third-order valence-electron chi connectivity index (χ3n) is 5.56. The standard InChI is InChI=1S/C17H20N4O2/c1-9-12(16(22)21-6-10-5-11(10)7-21)13-14(20-17(2)3-4-17)18-8-19-15(13)23-9/h8,10-11H,3-7H2,1-2H3,(H,18,19,20)/t10-,11+. The van der Waals surface area contributed by atoms with Crippen LogP contribution in [0.4, 0.5) is 5.82 Å². The van der Waals surface area contributed by atoms with Gasteiger partial charge < -0.3 is 14.6 Å². The molecule has 2 aromatic rings. The third kappa shape index (κ3) is 2.04. The van der Waals surface area contributed by atoms with Crippen molar-refractivity contribution < 1.29 is 9.21 Å². The molecule has 1 N–H and O–H groups in total. The van der Waals surface area contributed by atoms with E-state index in [1.165, 1.54) is 12.7 Å². The number of carbonyl (C=O) groups excluding carboxylic acids is 1. The van der Waals surface area contributed by atoms with E-state index in [9.17, 15) is 4.79 Å². The average molecular weight is 312 g/mol. The number of rotatable bonds is 3. The molecule has 2 aromatic heterocycles. The Morgan fingerprint density at radius 2 is 2.09 bits per heavy atom. The van der Waals surface area contributed by atoms with Crippen LogP contribution in [0.1, 0.15) is 42.3 Å². The number of carbonyl (C=O) groups is 1. The fraction of sp³-hybridized carbons (Fsp3) is 0.588. The van der Waals surface area contributed by atoms with Crippen molar-refractivity contribution in [2.24, 2.45) is 11.8 Å². The third-order valence-corrected chi connectivity index (χ3v) is 5.56. The highest BCUT2D eigenvalue weighted by Crippen LogP contribution is 2.46. The highest BCUT2D eigenvalue weighted by atomic mass is 16.3. The van der Waals surface area contributed by atoms with E-state index < -0.39 is 0 Å². The fourth-order valence-corrected chi connectivity index (χ4v) is 3.72. The molecular weight excluding hydrogens is 292 g/mol. The van der Waals surface area contributed by atoms with Crippen LogP contribution in [0, 0.1) is 18.8 Å². The van der Waals surface area contributed by atoms with Gasteiger partial charge >= 0.3 is 0 Å². The van der Waals surface area contributed by atoms with Gasteiger partial charge in [0.2, 0.25) is 5.71 Å². The molecule has 1 aliphatic heterocycles. The van der Waals surface area contributed by atoms with Crippen LogP contribution in [-0.2, 0) is 0 Å². The normalized spacial score (nSPS) is 27.1. The summed E-state index contributed by atoms with van der Waals surface area (Å²) >= 11 is 0. The maximum absolute atomic E-state index is 13.0. The number of nitrogens with zero attached hydrogens (tertiary/aromatic N) is 3. The number of anilines is 1. The molecule has 2 atom stereocenters. The lowest BCUT2D eigenvalue weighted by Crippen LogP contribution is -2.30. The SMILES string of the molecule is Cc1oc2ncnc(NC3(C)CC3)c2c1C(=O)N1C[C@H]2C[C@H]2C1. The maximum Gasteiger partial charge on any atom is 0.258 e. The van der Waals surface area contributed by atoms with E-state index in [2.05, 4.69) is 22.2 Å². The number of aryl methyl sites for hydroxylation is 1. The van der Waals surface area contributed by atoms with Gasteiger partial charge in [-0.3, -0.25) is 4.79 Å². The molecule has 1 amide bonds. The first-order chi connectivity index (χ1) is 11.0. The van der Waals surface area contributed by atoms with Gasteiger partial charge in [0.05, 0.1) is 10.9 Å². The van der Waals surface area contributed by atoms with Gasteiger partial charge in [-0.15, -0.1) is 0 Å². The second kappa shape index (κ2) is 4.24. The van der Waals surface area contributed by atoms with Crippen molar-refractivity contribution in [3.05, 3.63) is 17.7 Å². The van der Waals surface area contributed by atoms with Crippen LogP contribution in [0.15, 0.2) is 10.7 Å². The van der Waals surface area contributed by atoms with E-state index in [1.807, 2.05) is 11.8 Å². The van der Waals surface area contributed by atoms with E-state index in [-0.39, 0.29) is 11.4 Å². The number of likely N-dealkylation sites (tertiary alicyclic amines) is 1. The molecule has 0 bridgehead atoms. The Balaban J connectivity index is 1.59. The molecule has 6 heteroatoms. The summed E-state index contributed by atoms with van der Waals surface area (Å²) in [6.07, 6.45) is 5.02. The van der Waals surface area contributed by atoms with Crippen molar-refractivity contribution >= 4 is 22.8 Å². The highest BCUT2D eigenvalue weighted by Gasteiger charge is 2.47. The Kier molecular flexibility index (Phi) is 2.46. The monoisotopic (exact) mass is 312 g/mol. The van der Waals surface area contributed by atoms with Crippen molar-refractivity contribution in [3.63, 3.8) is 0 Å². The summed E-state index contributed by atoms with van der Waals surface area (Å²) in [5, 5.41) is 4.21. The van der Waals surface area contributed by atoms with Gasteiger partial charge in [-0.25, -0.2) is 9.97 Å². The molecule has 2 aliphatic carbocycles. The lowest BCUT2D eigenvalue weighted by molar-refractivity contribution is 0.0775. The molecule has 23 heavy (non-hydrogen) atoms. The molecule has 3 fully saturated rings. The topological polar surface area (TPSA) is 71.3 Å². The number of hydrogen-bond acceptors (Lipinski definition) is 5. The summed E-state index contributed by atoms with van der Waals surface area (Å²) in [5.41, 5.74) is 1.22. The Bertz CT molecular complexity index is 813. The highest BCUT2D eigenvalue weighted by molar-refractivity contribution is 6.10. The van der Waals surface area contributed by atoms with Gasteiger partial charge in [-0.05, 0) is 44.9 Å². The van der Waals surface area contributed by atoms with Crippen LogP contribution in [0.5, 0.6) is 0 Å². The van der Waals surface area contributed by atoms with Crippen LogP contribution in [0.3, 0.4) is 0 Å². The molecule has 5 rings (SSSR count). The minimum Gasteiger partial charge on any atom is -0.442 e. The van der Waals surface area contributed by atoms with E-state index in [4.69, 9.17) is 4.42 Å². The van der Waals surface area contributed by atoms with E-state index in [0.717, 1.165) is 49.0 Å². The maximum atomic E-state index is 13.0. The second-order valence-electron chi connectivity index (χ2n) is 7.59. The van der Waals surface area contributed by atoms with Crippen LogP contribution in [-0.4, -0.2) is 39.4 Å². The predicted molar refractivity (Wildman–Crippen MR) is 85.3 cm³/mol. The minimum atomic E-state index is 0.0623. The first kappa shape index (κ1) is 13.3. The van der Waals surface area contributed by atoms with Crippen molar-refractivity contribution in [1.82, 2.24) is 14.9 Å². The Hall–Kier alpha value is -2.11. The van der Waals surface area contributed by atoms with Crippen molar-refractivity contribution in [3.8, 4) is 0 Å². The average Bonchev–Trinajstić information content (AvgIpc) is 3.35. The molecule has 0 aromatic carbocycles. The summed E-state index contributed by atoms with van der Waals surface area (Å²) in [4.78, 5) is 23.6. The van der Waals surface area contributed by atoms with Crippen LogP contribution in [0.25, 0.3) is 11.1 Å².